The van der Waals surface area contributed by atoms with Crippen molar-refractivity contribution in [2.75, 3.05) is 14.1 Å². The number of benzene rings is 1. The van der Waals surface area contributed by atoms with Gasteiger partial charge < -0.3 is 5.11 Å². The zero-order chi connectivity index (χ0) is 15.2. The van der Waals surface area contributed by atoms with Crippen LogP contribution in [0.5, 0.6) is 0 Å². The molecule has 1 N–H and O–H groups in total. The number of hydrogen-bond donors (Lipinski definition) is 1. The molecule has 1 aromatic carbocycles. The van der Waals surface area contributed by atoms with Crippen LogP contribution in [0.2, 0.25) is 0 Å². The Balaban J connectivity index is 2.26. The van der Waals surface area contributed by atoms with E-state index in [1.807, 2.05) is 31.2 Å². The van der Waals surface area contributed by atoms with Crippen molar-refractivity contribution in [2.24, 2.45) is 0 Å². The van der Waals surface area contributed by atoms with Gasteiger partial charge in [0.15, 0.2) is 0 Å². The van der Waals surface area contributed by atoms with Crippen molar-refractivity contribution in [1.82, 2.24) is 15.0 Å². The summed E-state index contributed by atoms with van der Waals surface area (Å²) in [6, 6.07) is 9.22. The highest BCUT2D eigenvalue weighted by Gasteiger charge is 2.51. The molecule has 3 rings (SSSR count). The van der Waals surface area contributed by atoms with Crippen molar-refractivity contribution in [3.05, 3.63) is 65.0 Å². The van der Waals surface area contributed by atoms with E-state index in [9.17, 15) is 9.90 Å². The molecule has 5 nitrogen and oxygen atoms in total. The molecule has 2 heterocycles. The molecule has 1 atom stereocenters. The van der Waals surface area contributed by atoms with E-state index in [2.05, 4.69) is 4.98 Å². The maximum absolute atomic E-state index is 12.6. The summed E-state index contributed by atoms with van der Waals surface area (Å²) in [6.07, 6.45) is 3.09. The molecule has 1 aliphatic heterocycles. The van der Waals surface area contributed by atoms with E-state index in [4.69, 9.17) is 0 Å². The Morgan fingerprint density at radius 2 is 1.86 bits per heavy atom. The summed E-state index contributed by atoms with van der Waals surface area (Å²) >= 11 is 0. The molecule has 108 valence electrons. The first kappa shape index (κ1) is 13.7. The van der Waals surface area contributed by atoms with E-state index in [1.165, 1.54) is 11.2 Å². The van der Waals surface area contributed by atoms with Crippen molar-refractivity contribution in [3.63, 3.8) is 0 Å². The molecule has 0 fully saturated rings. The Hall–Kier alpha value is -2.24. The lowest BCUT2D eigenvalue weighted by molar-refractivity contribution is -0.136. The van der Waals surface area contributed by atoms with Gasteiger partial charge in [-0.2, -0.15) is 0 Å². The van der Waals surface area contributed by atoms with E-state index in [1.54, 1.807) is 31.4 Å². The maximum Gasteiger partial charge on any atom is 0.273 e. The molecule has 0 radical (unpaired) electrons. The van der Waals surface area contributed by atoms with Gasteiger partial charge >= 0.3 is 0 Å². The second-order valence-corrected chi connectivity index (χ2v) is 5.42. The van der Waals surface area contributed by atoms with Crippen LogP contribution in [0.1, 0.15) is 27.0 Å². The van der Waals surface area contributed by atoms with Gasteiger partial charge in [-0.15, -0.1) is 0 Å². The van der Waals surface area contributed by atoms with Crippen LogP contribution in [0, 0.1) is 6.92 Å². The van der Waals surface area contributed by atoms with Gasteiger partial charge in [0.1, 0.15) is 0 Å². The fraction of sp³-hybridized carbons (Fsp3) is 0.250. The molecule has 1 amide bonds. The third-order valence-electron chi connectivity index (χ3n) is 3.78. The van der Waals surface area contributed by atoms with E-state index >= 15 is 0 Å². The molecule has 0 saturated carbocycles. The van der Waals surface area contributed by atoms with Crippen LogP contribution in [-0.2, 0) is 5.72 Å². The van der Waals surface area contributed by atoms with Crippen LogP contribution in [0.3, 0.4) is 0 Å². The third-order valence-corrected chi connectivity index (χ3v) is 3.78. The highest BCUT2D eigenvalue weighted by Crippen LogP contribution is 2.42. The molecule has 1 aromatic heterocycles. The fourth-order valence-electron chi connectivity index (χ4n) is 2.78. The second-order valence-electron chi connectivity index (χ2n) is 5.42. The SMILES string of the molecule is Cc1ccc(C2(O)c3ccncc3C(=O)N2N(C)C)cc1. The van der Waals surface area contributed by atoms with Crippen LogP contribution in [0.4, 0.5) is 0 Å². The molecule has 0 spiro atoms. The Kier molecular flexibility index (Phi) is 3.04. The van der Waals surface area contributed by atoms with Crippen LogP contribution in [-0.4, -0.2) is 40.1 Å². The molecule has 1 unspecified atom stereocenters. The minimum Gasteiger partial charge on any atom is -0.362 e. The van der Waals surface area contributed by atoms with E-state index in [0.29, 0.717) is 16.7 Å². The molecule has 21 heavy (non-hydrogen) atoms. The monoisotopic (exact) mass is 283 g/mol. The fourth-order valence-corrected chi connectivity index (χ4v) is 2.78. The Morgan fingerprint density at radius 3 is 2.48 bits per heavy atom. The Bertz CT molecular complexity index is 697. The van der Waals surface area contributed by atoms with Gasteiger partial charge in [0.2, 0.25) is 5.72 Å². The van der Waals surface area contributed by atoms with Crippen molar-refractivity contribution in [3.8, 4) is 0 Å². The summed E-state index contributed by atoms with van der Waals surface area (Å²) in [5.41, 5.74) is 1.22. The number of pyridine rings is 1. The lowest BCUT2D eigenvalue weighted by atomic mass is 9.94. The summed E-state index contributed by atoms with van der Waals surface area (Å²) in [5, 5.41) is 14.3. The number of aryl methyl sites for hydroxylation is 1. The van der Waals surface area contributed by atoms with Crippen molar-refractivity contribution in [2.45, 2.75) is 12.6 Å². The maximum atomic E-state index is 12.6. The van der Waals surface area contributed by atoms with Gasteiger partial charge in [0.25, 0.3) is 5.91 Å². The number of fused-ring (bicyclic) bond motifs is 1. The average Bonchev–Trinajstić information content (AvgIpc) is 2.70. The largest absolute Gasteiger partial charge is 0.362 e. The summed E-state index contributed by atoms with van der Waals surface area (Å²) in [5.74, 6) is -0.258. The van der Waals surface area contributed by atoms with Gasteiger partial charge in [-0.05, 0) is 13.0 Å². The van der Waals surface area contributed by atoms with E-state index in [0.717, 1.165) is 5.56 Å². The summed E-state index contributed by atoms with van der Waals surface area (Å²) in [6.45, 7) is 1.98. The van der Waals surface area contributed by atoms with Gasteiger partial charge in [0.05, 0.1) is 5.56 Å². The topological polar surface area (TPSA) is 56.7 Å². The number of carbonyl (C=O) groups excluding carboxylic acids is 1. The zero-order valence-corrected chi connectivity index (χ0v) is 12.2. The number of aromatic nitrogens is 1. The van der Waals surface area contributed by atoms with Gasteiger partial charge in [-0.3, -0.25) is 9.78 Å². The predicted molar refractivity (Wildman–Crippen MR) is 78.3 cm³/mol. The lowest BCUT2D eigenvalue weighted by Gasteiger charge is -2.38. The Morgan fingerprint density at radius 1 is 1.19 bits per heavy atom. The van der Waals surface area contributed by atoms with Gasteiger partial charge in [0, 0.05) is 37.6 Å². The second kappa shape index (κ2) is 4.65. The quantitative estimate of drug-likeness (QED) is 0.908. The highest BCUT2D eigenvalue weighted by molar-refractivity contribution is 5.99. The normalized spacial score (nSPS) is 21.0. The number of amides is 1. The van der Waals surface area contributed by atoms with Gasteiger partial charge in [-0.25, -0.2) is 10.0 Å². The summed E-state index contributed by atoms with van der Waals surface area (Å²) in [7, 11) is 3.47. The molecule has 0 aliphatic carbocycles. The number of hydrazine groups is 1. The minimum atomic E-state index is -1.51. The van der Waals surface area contributed by atoms with E-state index in [-0.39, 0.29) is 5.91 Å². The number of nitrogens with zero attached hydrogens (tertiary/aromatic N) is 3. The third kappa shape index (κ3) is 1.86. The first-order chi connectivity index (χ1) is 9.96. The number of aliphatic hydroxyl groups is 1. The molecule has 0 bridgehead atoms. The van der Waals surface area contributed by atoms with Crippen molar-refractivity contribution >= 4 is 5.91 Å². The summed E-state index contributed by atoms with van der Waals surface area (Å²) < 4.78 is 0. The van der Waals surface area contributed by atoms with Crippen molar-refractivity contribution in [1.29, 1.82) is 0 Å². The number of carbonyl (C=O) groups is 1. The predicted octanol–water partition coefficient (Wildman–Crippen LogP) is 1.52. The molecule has 1 aliphatic rings. The summed E-state index contributed by atoms with van der Waals surface area (Å²) in [4.78, 5) is 16.6. The zero-order valence-electron chi connectivity index (χ0n) is 12.2. The van der Waals surface area contributed by atoms with Crippen LogP contribution < -0.4 is 0 Å². The van der Waals surface area contributed by atoms with Gasteiger partial charge in [-0.1, -0.05) is 29.8 Å². The average molecular weight is 283 g/mol. The Labute approximate surface area is 123 Å². The highest BCUT2D eigenvalue weighted by atomic mass is 16.3. The van der Waals surface area contributed by atoms with Crippen LogP contribution in [0.25, 0.3) is 0 Å². The lowest BCUT2D eigenvalue weighted by Crippen LogP contribution is -2.51. The number of hydrogen-bond acceptors (Lipinski definition) is 4. The minimum absolute atomic E-state index is 0.258. The first-order valence-electron chi connectivity index (χ1n) is 6.72. The molecular formula is C16H17N3O2. The molecule has 2 aromatic rings. The van der Waals surface area contributed by atoms with Crippen LogP contribution >= 0.6 is 0 Å². The standard InChI is InChI=1S/C16H17N3O2/c1-11-4-6-12(7-5-11)16(21)14-8-9-17-10-13(14)15(20)19(16)18(2)3/h4-10,21H,1-3H3. The van der Waals surface area contributed by atoms with Crippen LogP contribution in [0.15, 0.2) is 42.7 Å². The van der Waals surface area contributed by atoms with E-state index < -0.39 is 5.72 Å². The molecule has 0 saturated heterocycles. The smallest absolute Gasteiger partial charge is 0.273 e. The van der Waals surface area contributed by atoms with Crippen molar-refractivity contribution < 1.29 is 9.90 Å². The number of rotatable bonds is 2. The first-order valence-corrected chi connectivity index (χ1v) is 6.72. The molecule has 5 heteroatoms. The molecular weight excluding hydrogens is 266 g/mol.